The number of benzene rings is 1. The Labute approximate surface area is 138 Å². The molecule has 0 aromatic heterocycles. The Balaban J connectivity index is 1.87. The summed E-state index contributed by atoms with van der Waals surface area (Å²) < 4.78 is 5.30. The SMILES string of the molecule is CCc1ccc(C(=O)O[C@@H](C)C(=O)N[C@@H]2CCCC[C@@H]2C)cc1. The zero-order chi connectivity index (χ0) is 16.8. The normalized spacial score (nSPS) is 22.2. The van der Waals surface area contributed by atoms with Crippen molar-refractivity contribution >= 4 is 11.9 Å². The molecule has 126 valence electrons. The van der Waals surface area contributed by atoms with E-state index in [0.717, 1.165) is 25.7 Å². The fraction of sp³-hybridized carbons (Fsp3) is 0.579. The van der Waals surface area contributed by atoms with Gasteiger partial charge in [0.25, 0.3) is 5.91 Å². The fourth-order valence-corrected chi connectivity index (χ4v) is 2.99. The molecule has 1 amide bonds. The van der Waals surface area contributed by atoms with E-state index < -0.39 is 12.1 Å². The summed E-state index contributed by atoms with van der Waals surface area (Å²) >= 11 is 0. The predicted octanol–water partition coefficient (Wildman–Crippen LogP) is 3.49. The Morgan fingerprint density at radius 1 is 1.22 bits per heavy atom. The molecule has 1 saturated carbocycles. The molecule has 3 atom stereocenters. The molecule has 1 aliphatic rings. The van der Waals surface area contributed by atoms with Crippen molar-refractivity contribution in [1.82, 2.24) is 5.32 Å². The molecule has 1 aromatic rings. The number of amides is 1. The lowest BCUT2D eigenvalue weighted by Gasteiger charge is -2.30. The summed E-state index contributed by atoms with van der Waals surface area (Å²) in [5.74, 6) is -0.175. The van der Waals surface area contributed by atoms with Crippen molar-refractivity contribution < 1.29 is 14.3 Å². The summed E-state index contributed by atoms with van der Waals surface area (Å²) in [6, 6.07) is 7.50. The van der Waals surface area contributed by atoms with Crippen molar-refractivity contribution in [3.8, 4) is 0 Å². The highest BCUT2D eigenvalue weighted by molar-refractivity contribution is 5.92. The average molecular weight is 317 g/mol. The molecule has 0 unspecified atom stereocenters. The third-order valence-corrected chi connectivity index (χ3v) is 4.69. The summed E-state index contributed by atoms with van der Waals surface area (Å²) in [6.45, 7) is 5.85. The van der Waals surface area contributed by atoms with E-state index in [1.165, 1.54) is 12.0 Å². The van der Waals surface area contributed by atoms with Crippen molar-refractivity contribution in [2.75, 3.05) is 0 Å². The molecule has 23 heavy (non-hydrogen) atoms. The first kappa shape index (κ1) is 17.5. The summed E-state index contributed by atoms with van der Waals surface area (Å²) in [5, 5.41) is 3.03. The van der Waals surface area contributed by atoms with Crippen LogP contribution < -0.4 is 5.32 Å². The molecule has 0 radical (unpaired) electrons. The first-order valence-corrected chi connectivity index (χ1v) is 8.61. The van der Waals surface area contributed by atoms with E-state index in [1.807, 2.05) is 12.1 Å². The van der Waals surface area contributed by atoms with Crippen molar-refractivity contribution in [2.24, 2.45) is 5.92 Å². The van der Waals surface area contributed by atoms with Crippen molar-refractivity contribution in [3.05, 3.63) is 35.4 Å². The summed E-state index contributed by atoms with van der Waals surface area (Å²) in [4.78, 5) is 24.3. The second-order valence-electron chi connectivity index (χ2n) is 6.47. The van der Waals surface area contributed by atoms with Crippen LogP contribution in [-0.4, -0.2) is 24.0 Å². The van der Waals surface area contributed by atoms with Crippen LogP contribution in [0, 0.1) is 5.92 Å². The maximum absolute atomic E-state index is 12.2. The smallest absolute Gasteiger partial charge is 0.338 e. The lowest BCUT2D eigenvalue weighted by Crippen LogP contribution is -2.45. The fourth-order valence-electron chi connectivity index (χ4n) is 2.99. The van der Waals surface area contributed by atoms with Gasteiger partial charge in [0.1, 0.15) is 0 Å². The summed E-state index contributed by atoms with van der Waals surface area (Å²) in [6.07, 6.45) is 4.67. The van der Waals surface area contributed by atoms with Gasteiger partial charge in [-0.05, 0) is 49.8 Å². The molecule has 2 rings (SSSR count). The molecule has 1 N–H and O–H groups in total. The van der Waals surface area contributed by atoms with Gasteiger partial charge in [0.15, 0.2) is 6.10 Å². The standard InChI is InChI=1S/C19H27NO3/c1-4-15-9-11-16(12-10-15)19(22)23-14(3)18(21)20-17-8-6-5-7-13(17)2/h9-14,17H,4-8H2,1-3H3,(H,20,21)/t13-,14-,17+/m0/s1. The number of esters is 1. The summed E-state index contributed by atoms with van der Waals surface area (Å²) in [7, 11) is 0. The van der Waals surface area contributed by atoms with Crippen molar-refractivity contribution in [2.45, 2.75) is 65.0 Å². The Bertz CT molecular complexity index is 538. The lowest BCUT2D eigenvalue weighted by atomic mass is 9.86. The molecule has 1 fully saturated rings. The van der Waals surface area contributed by atoms with Gasteiger partial charge in [-0.3, -0.25) is 4.79 Å². The van der Waals surface area contributed by atoms with Gasteiger partial charge in [-0.1, -0.05) is 38.8 Å². The van der Waals surface area contributed by atoms with Crippen LogP contribution in [0.15, 0.2) is 24.3 Å². The van der Waals surface area contributed by atoms with Gasteiger partial charge in [0.2, 0.25) is 0 Å². The molecule has 1 aromatic carbocycles. The number of carbonyl (C=O) groups excluding carboxylic acids is 2. The first-order valence-electron chi connectivity index (χ1n) is 8.61. The van der Waals surface area contributed by atoms with Crippen molar-refractivity contribution in [1.29, 1.82) is 0 Å². The van der Waals surface area contributed by atoms with Crippen LogP contribution in [0.1, 0.15) is 62.4 Å². The second kappa shape index (κ2) is 8.14. The minimum atomic E-state index is -0.775. The number of ether oxygens (including phenoxy) is 1. The largest absolute Gasteiger partial charge is 0.449 e. The molecular weight excluding hydrogens is 290 g/mol. The Morgan fingerprint density at radius 3 is 2.48 bits per heavy atom. The van der Waals surface area contributed by atoms with Gasteiger partial charge < -0.3 is 10.1 Å². The third kappa shape index (κ3) is 4.81. The zero-order valence-electron chi connectivity index (χ0n) is 14.3. The number of carbonyl (C=O) groups is 2. The number of aryl methyl sites for hydroxylation is 1. The average Bonchev–Trinajstić information content (AvgIpc) is 2.56. The number of hydrogen-bond donors (Lipinski definition) is 1. The lowest BCUT2D eigenvalue weighted by molar-refractivity contribution is -0.130. The number of hydrogen-bond acceptors (Lipinski definition) is 3. The van der Waals surface area contributed by atoms with Crippen LogP contribution in [0.3, 0.4) is 0 Å². The Morgan fingerprint density at radius 2 is 1.87 bits per heavy atom. The molecule has 1 aliphatic carbocycles. The van der Waals surface area contributed by atoms with Crippen LogP contribution in [-0.2, 0) is 16.0 Å². The molecule has 0 spiro atoms. The quantitative estimate of drug-likeness (QED) is 0.846. The van der Waals surface area contributed by atoms with Gasteiger partial charge in [0, 0.05) is 6.04 Å². The number of nitrogens with one attached hydrogen (secondary N) is 1. The highest BCUT2D eigenvalue weighted by Gasteiger charge is 2.26. The van der Waals surface area contributed by atoms with E-state index in [2.05, 4.69) is 19.2 Å². The third-order valence-electron chi connectivity index (χ3n) is 4.69. The maximum atomic E-state index is 12.2. The molecule has 4 heteroatoms. The topological polar surface area (TPSA) is 55.4 Å². The highest BCUT2D eigenvalue weighted by atomic mass is 16.5. The van der Waals surface area contributed by atoms with E-state index in [-0.39, 0.29) is 11.9 Å². The van der Waals surface area contributed by atoms with Crippen LogP contribution in [0.25, 0.3) is 0 Å². The van der Waals surface area contributed by atoms with Crippen LogP contribution >= 0.6 is 0 Å². The van der Waals surface area contributed by atoms with Crippen LogP contribution in [0.2, 0.25) is 0 Å². The maximum Gasteiger partial charge on any atom is 0.338 e. The molecule has 4 nitrogen and oxygen atoms in total. The predicted molar refractivity (Wildman–Crippen MR) is 90.3 cm³/mol. The molecule has 0 saturated heterocycles. The van der Waals surface area contributed by atoms with E-state index in [0.29, 0.717) is 11.5 Å². The summed E-state index contributed by atoms with van der Waals surface area (Å²) in [5.41, 5.74) is 1.64. The van der Waals surface area contributed by atoms with Crippen LogP contribution in [0.4, 0.5) is 0 Å². The van der Waals surface area contributed by atoms with E-state index in [9.17, 15) is 9.59 Å². The van der Waals surface area contributed by atoms with E-state index in [1.54, 1.807) is 19.1 Å². The van der Waals surface area contributed by atoms with E-state index in [4.69, 9.17) is 4.74 Å². The van der Waals surface area contributed by atoms with Gasteiger partial charge in [-0.25, -0.2) is 4.79 Å². The second-order valence-corrected chi connectivity index (χ2v) is 6.47. The van der Waals surface area contributed by atoms with Crippen LogP contribution in [0.5, 0.6) is 0 Å². The minimum absolute atomic E-state index is 0.196. The minimum Gasteiger partial charge on any atom is -0.449 e. The van der Waals surface area contributed by atoms with Gasteiger partial charge in [-0.15, -0.1) is 0 Å². The van der Waals surface area contributed by atoms with Crippen molar-refractivity contribution in [3.63, 3.8) is 0 Å². The number of rotatable bonds is 5. The molecule has 0 heterocycles. The highest BCUT2D eigenvalue weighted by Crippen LogP contribution is 2.23. The van der Waals surface area contributed by atoms with Gasteiger partial charge in [0.05, 0.1) is 5.56 Å². The molecule has 0 bridgehead atoms. The van der Waals surface area contributed by atoms with E-state index >= 15 is 0 Å². The zero-order valence-corrected chi connectivity index (χ0v) is 14.3. The van der Waals surface area contributed by atoms with Gasteiger partial charge in [-0.2, -0.15) is 0 Å². The first-order chi connectivity index (χ1) is 11.0. The monoisotopic (exact) mass is 317 g/mol. The Hall–Kier alpha value is -1.84. The Kier molecular flexibility index (Phi) is 6.20. The molecule has 0 aliphatic heterocycles. The van der Waals surface area contributed by atoms with Gasteiger partial charge >= 0.3 is 5.97 Å². The molecular formula is C19H27NO3.